The van der Waals surface area contributed by atoms with E-state index in [-0.39, 0.29) is 34.9 Å². The number of nitrogen functional groups attached to an aromatic ring is 2. The molecule has 7 N–H and O–H groups in total. The summed E-state index contributed by atoms with van der Waals surface area (Å²) >= 11 is 0. The molecule has 0 unspecified atom stereocenters. The molecule has 0 radical (unpaired) electrons. The van der Waals surface area contributed by atoms with Crippen LogP contribution in [-0.4, -0.2) is 46.6 Å². The first kappa shape index (κ1) is 25.0. The number of anilines is 2. The van der Waals surface area contributed by atoms with Gasteiger partial charge in [0.25, 0.3) is 20.2 Å². The topological polar surface area (TPSA) is 215 Å². The van der Waals surface area contributed by atoms with E-state index in [0.717, 1.165) is 12.1 Å². The van der Waals surface area contributed by atoms with Gasteiger partial charge in [0, 0.05) is 11.4 Å². The van der Waals surface area contributed by atoms with Crippen LogP contribution in [0.3, 0.4) is 0 Å². The van der Waals surface area contributed by atoms with E-state index in [4.69, 9.17) is 11.5 Å². The van der Waals surface area contributed by atoms with Crippen molar-refractivity contribution in [1.82, 2.24) is 20.6 Å². The van der Waals surface area contributed by atoms with Gasteiger partial charge in [-0.1, -0.05) is 29.5 Å². The predicted octanol–water partition coefficient (Wildman–Crippen LogP) is 1.14. The lowest BCUT2D eigenvalue weighted by Crippen LogP contribution is -2.03. The van der Waals surface area contributed by atoms with E-state index < -0.39 is 30.0 Å². The van der Waals surface area contributed by atoms with Crippen molar-refractivity contribution in [1.29, 1.82) is 0 Å². The summed E-state index contributed by atoms with van der Waals surface area (Å²) in [5.41, 5.74) is 11.4. The summed E-state index contributed by atoms with van der Waals surface area (Å²) in [5.74, 6) is 0. The molecule has 3 rings (SSSR count). The number of H-pyrrole nitrogens is 1. The molecule has 0 aliphatic heterocycles. The van der Waals surface area contributed by atoms with Gasteiger partial charge in [-0.15, -0.1) is 22.6 Å². The van der Waals surface area contributed by atoms with Crippen LogP contribution in [0.5, 0.6) is 0 Å². The highest BCUT2D eigenvalue weighted by atomic mass is 35.5. The zero-order valence-electron chi connectivity index (χ0n) is 14.9. The number of nitrogens with zero attached hydrogens (tertiary/aromatic N) is 3. The number of nitrogens with one attached hydrogen (secondary N) is 1. The monoisotopic (exact) mass is 476 g/mol. The summed E-state index contributed by atoms with van der Waals surface area (Å²) < 4.78 is 64.1. The summed E-state index contributed by atoms with van der Waals surface area (Å²) in [4.78, 5) is -0.856. The molecule has 0 saturated heterocycles. The number of halogens is 1. The van der Waals surface area contributed by atoms with Crippen molar-refractivity contribution in [2.24, 2.45) is 0 Å². The van der Waals surface area contributed by atoms with Crippen LogP contribution in [-0.2, 0) is 20.2 Å². The minimum absolute atomic E-state index is 0. The Kier molecular flexibility index (Phi) is 8.44. The Balaban J connectivity index is 0.000000655. The first-order valence-electron chi connectivity index (χ1n) is 7.57. The number of nitrogens with two attached hydrogens (primary N) is 2. The first-order chi connectivity index (χ1) is 13.5. The van der Waals surface area contributed by atoms with Gasteiger partial charge in [-0.2, -0.15) is 22.0 Å². The van der Waals surface area contributed by atoms with E-state index in [1.807, 2.05) is 0 Å². The molecule has 30 heavy (non-hydrogen) atoms. The zero-order valence-corrected chi connectivity index (χ0v) is 17.4. The summed E-state index contributed by atoms with van der Waals surface area (Å²) in [6.45, 7) is 0. The molecule has 15 heteroatoms. The average Bonchev–Trinajstić information content (AvgIpc) is 3.20. The number of rotatable bonds is 4. The van der Waals surface area contributed by atoms with Gasteiger partial charge in [-0.05, 0) is 35.4 Å². The van der Waals surface area contributed by atoms with Crippen molar-refractivity contribution in [2.75, 3.05) is 11.5 Å². The largest absolute Gasteiger partial charge is 0.399 e. The van der Waals surface area contributed by atoms with Crippen LogP contribution in [0, 0.1) is 0 Å². The van der Waals surface area contributed by atoms with Gasteiger partial charge in [0.1, 0.15) is 9.79 Å². The quantitative estimate of drug-likeness (QED) is 0.204. The molecule has 0 spiro atoms. The van der Waals surface area contributed by atoms with Gasteiger partial charge in [0.15, 0.2) is 6.33 Å². The summed E-state index contributed by atoms with van der Waals surface area (Å²) in [7, 11) is -9.05. The highest BCUT2D eigenvalue weighted by molar-refractivity contribution is 7.86. The molecule has 1 aromatic heterocycles. The number of benzene rings is 2. The van der Waals surface area contributed by atoms with Gasteiger partial charge < -0.3 is 11.5 Å². The van der Waals surface area contributed by atoms with E-state index in [1.165, 1.54) is 42.7 Å². The fraction of sp³-hybridized carbons (Fsp3) is 0. The Morgan fingerprint density at radius 1 is 0.833 bits per heavy atom. The van der Waals surface area contributed by atoms with Crippen LogP contribution in [0.15, 0.2) is 52.5 Å². The van der Waals surface area contributed by atoms with Gasteiger partial charge >= 0.3 is 0 Å². The van der Waals surface area contributed by atoms with E-state index in [9.17, 15) is 25.9 Å². The number of tetrazole rings is 1. The molecule has 1 heterocycles. The van der Waals surface area contributed by atoms with Gasteiger partial charge in [0.2, 0.25) is 0 Å². The minimum atomic E-state index is -4.52. The van der Waals surface area contributed by atoms with Crippen LogP contribution in [0.1, 0.15) is 11.1 Å². The van der Waals surface area contributed by atoms with Crippen LogP contribution >= 0.6 is 12.4 Å². The average molecular weight is 477 g/mol. The maximum absolute atomic E-state index is 11.4. The first-order valence-corrected chi connectivity index (χ1v) is 10.4. The lowest BCUT2D eigenvalue weighted by molar-refractivity contribution is 0.480. The van der Waals surface area contributed by atoms with Gasteiger partial charge in [0.05, 0.1) is 0 Å². The second-order valence-electron chi connectivity index (χ2n) is 5.44. The third-order valence-corrected chi connectivity index (χ3v) is 5.16. The predicted molar refractivity (Wildman–Crippen MR) is 112 cm³/mol. The summed E-state index contributed by atoms with van der Waals surface area (Å²) in [6, 6.07) is 7.67. The van der Waals surface area contributed by atoms with E-state index in [1.54, 1.807) is 0 Å². The molecule has 0 atom stereocenters. The highest BCUT2D eigenvalue weighted by Gasteiger charge is 2.16. The molecule has 3 aromatic rings. The maximum atomic E-state index is 11.4. The number of aromatic nitrogens is 4. The van der Waals surface area contributed by atoms with Crippen molar-refractivity contribution in [3.63, 3.8) is 0 Å². The Labute approximate surface area is 177 Å². The van der Waals surface area contributed by atoms with Crippen molar-refractivity contribution < 1.29 is 25.9 Å². The van der Waals surface area contributed by atoms with Crippen LogP contribution in [0.4, 0.5) is 11.4 Å². The lowest BCUT2D eigenvalue weighted by atomic mass is 10.1. The fourth-order valence-corrected chi connectivity index (χ4v) is 3.57. The third kappa shape index (κ3) is 7.09. The van der Waals surface area contributed by atoms with E-state index >= 15 is 0 Å². The molecule has 0 saturated carbocycles. The van der Waals surface area contributed by atoms with Gasteiger partial charge in [-0.3, -0.25) is 9.11 Å². The van der Waals surface area contributed by atoms with E-state index in [0.29, 0.717) is 0 Å². The molecular formula is C15H17ClN6O6S2. The molecule has 2 aromatic carbocycles. The van der Waals surface area contributed by atoms with Crippen molar-refractivity contribution >= 4 is 56.2 Å². The van der Waals surface area contributed by atoms with Crippen molar-refractivity contribution in [2.45, 2.75) is 9.79 Å². The molecule has 12 nitrogen and oxygen atoms in total. The molecule has 162 valence electrons. The van der Waals surface area contributed by atoms with Crippen molar-refractivity contribution in [3.05, 3.63) is 53.9 Å². The molecule has 0 fully saturated rings. The smallest absolute Gasteiger partial charge is 0.295 e. The lowest BCUT2D eigenvalue weighted by Gasteiger charge is -2.06. The molecular weight excluding hydrogens is 460 g/mol. The van der Waals surface area contributed by atoms with E-state index in [2.05, 4.69) is 20.6 Å². The van der Waals surface area contributed by atoms with Gasteiger partial charge in [-0.25, -0.2) is 0 Å². The second-order valence-corrected chi connectivity index (χ2v) is 8.22. The Morgan fingerprint density at radius 2 is 1.27 bits per heavy atom. The van der Waals surface area contributed by atoms with Crippen LogP contribution in [0.25, 0.3) is 12.2 Å². The number of aromatic amines is 1. The highest BCUT2D eigenvalue weighted by Crippen LogP contribution is 2.24. The normalized spacial score (nSPS) is 11.4. The molecule has 0 aliphatic rings. The Bertz CT molecular complexity index is 1130. The fourth-order valence-electron chi connectivity index (χ4n) is 2.13. The maximum Gasteiger partial charge on any atom is 0.295 e. The standard InChI is InChI=1S/C14H14N2O6S2.CH2N4.ClH/c15-11-5-3-9(13(7-11)23(17,18)19)1-2-10-4-6-12(16)8-14(10)24(20,21)22;1-2-4-5-3-1;/h1-8H,15-16H2,(H,17,18,19)(H,20,21,22);1H,(H,2,3,4,5);1H/b2-1+;;. The SMILES string of the molecule is Cl.Nc1ccc(/C=C/c2ccc(N)cc2S(=O)(=O)O)c(S(=O)(=O)O)c1.c1nn[nH]n1. The molecule has 0 amide bonds. The number of hydrogen-bond donors (Lipinski definition) is 5. The second kappa shape index (κ2) is 10.1. The Hall–Kier alpha value is -3.04. The Morgan fingerprint density at radius 3 is 1.53 bits per heavy atom. The third-order valence-electron chi connectivity index (χ3n) is 3.34. The minimum Gasteiger partial charge on any atom is -0.399 e. The number of hydrogen-bond acceptors (Lipinski definition) is 9. The zero-order chi connectivity index (χ0) is 21.7. The van der Waals surface area contributed by atoms with Crippen molar-refractivity contribution in [3.8, 4) is 0 Å². The van der Waals surface area contributed by atoms with Crippen LogP contribution < -0.4 is 11.5 Å². The summed E-state index contributed by atoms with van der Waals surface area (Å²) in [6.07, 6.45) is 3.87. The molecule has 0 bridgehead atoms. The van der Waals surface area contributed by atoms with Crippen LogP contribution in [0.2, 0.25) is 0 Å². The molecule has 0 aliphatic carbocycles. The summed E-state index contributed by atoms with van der Waals surface area (Å²) in [5, 5.41) is 12.2.